The number of aliphatic hydroxyl groups excluding tert-OH is 1. The first-order valence-corrected chi connectivity index (χ1v) is 11.5. The van der Waals surface area contributed by atoms with Crippen molar-refractivity contribution in [3.63, 3.8) is 0 Å². The molecule has 33 heavy (non-hydrogen) atoms. The van der Waals surface area contributed by atoms with Gasteiger partial charge in [0.05, 0.1) is 29.6 Å². The minimum Gasteiger partial charge on any atom is -0.523 e. The van der Waals surface area contributed by atoms with Crippen LogP contribution in [0.5, 0.6) is 5.88 Å². The molecular formula is C27H28N4O2. The van der Waals surface area contributed by atoms with Crippen molar-refractivity contribution in [2.75, 3.05) is 0 Å². The van der Waals surface area contributed by atoms with E-state index in [1.807, 2.05) is 51.1 Å². The van der Waals surface area contributed by atoms with Gasteiger partial charge in [-0.05, 0) is 51.2 Å². The standard InChI is InChI=1S/C27H28N4O2/c1-15(2)33-26-19-10-11-20-16(3)23(32)22(28-5)14-27(20,4)24(19)30-25(31-26)18-12-13-29-21-9-7-6-8-17(18)21/h6-9,12-13,15-16,20,32H,10-11,14H2,1-4H3/t16-,20-,27-/m1/s1. The van der Waals surface area contributed by atoms with Crippen LogP contribution in [0, 0.1) is 18.4 Å². The molecule has 5 rings (SSSR count). The molecule has 0 amide bonds. The molecule has 3 aromatic rings. The Labute approximate surface area is 194 Å². The van der Waals surface area contributed by atoms with Crippen LogP contribution in [0.4, 0.5) is 0 Å². The molecule has 0 saturated carbocycles. The highest BCUT2D eigenvalue weighted by atomic mass is 16.5. The minimum absolute atomic E-state index is 0.0235. The Kier molecular flexibility index (Phi) is 5.08. The molecule has 0 fully saturated rings. The van der Waals surface area contributed by atoms with Crippen LogP contribution in [0.3, 0.4) is 0 Å². The fraction of sp³-hybridized carbons (Fsp3) is 0.407. The van der Waals surface area contributed by atoms with Crippen molar-refractivity contribution in [3.8, 4) is 17.3 Å². The highest BCUT2D eigenvalue weighted by Gasteiger charge is 2.50. The van der Waals surface area contributed by atoms with Gasteiger partial charge in [0.2, 0.25) is 11.6 Å². The third-order valence-electron chi connectivity index (χ3n) is 7.27. The lowest BCUT2D eigenvalue weighted by Gasteiger charge is -2.48. The van der Waals surface area contributed by atoms with Crippen LogP contribution in [0.2, 0.25) is 0 Å². The van der Waals surface area contributed by atoms with E-state index in [0.29, 0.717) is 23.8 Å². The molecule has 0 spiro atoms. The number of aliphatic hydroxyl groups is 1. The smallest absolute Gasteiger partial charge is 0.220 e. The maximum Gasteiger partial charge on any atom is 0.220 e. The lowest BCUT2D eigenvalue weighted by Crippen LogP contribution is -2.45. The van der Waals surface area contributed by atoms with Gasteiger partial charge in [-0.15, -0.1) is 0 Å². The minimum atomic E-state index is -0.380. The molecule has 1 N–H and O–H groups in total. The summed E-state index contributed by atoms with van der Waals surface area (Å²) in [5.74, 6) is 1.58. The average molecular weight is 441 g/mol. The number of nitrogens with zero attached hydrogens (tertiary/aromatic N) is 4. The van der Waals surface area contributed by atoms with Gasteiger partial charge in [-0.25, -0.2) is 9.83 Å². The van der Waals surface area contributed by atoms with Gasteiger partial charge in [-0.1, -0.05) is 32.0 Å². The Hall–Kier alpha value is -3.46. The van der Waals surface area contributed by atoms with E-state index in [-0.39, 0.29) is 29.1 Å². The molecule has 0 aliphatic heterocycles. The SMILES string of the molecule is [C-]#[N+]C1=C(O)[C@H](C)[C@H]2CCc3c(OC(C)C)nc(-c4ccnc5ccccc45)nc3[C@]2(C)C1. The second kappa shape index (κ2) is 7.84. The maximum absolute atomic E-state index is 10.7. The molecule has 168 valence electrons. The average Bonchev–Trinajstić information content (AvgIpc) is 2.81. The Morgan fingerprint density at radius 1 is 1.21 bits per heavy atom. The predicted octanol–water partition coefficient (Wildman–Crippen LogP) is 6.03. The quantitative estimate of drug-likeness (QED) is 0.504. The first-order valence-electron chi connectivity index (χ1n) is 11.5. The number of aromatic nitrogens is 3. The Bertz CT molecular complexity index is 1320. The van der Waals surface area contributed by atoms with Gasteiger partial charge in [0.25, 0.3) is 0 Å². The van der Waals surface area contributed by atoms with E-state index < -0.39 is 0 Å². The van der Waals surface area contributed by atoms with Crippen molar-refractivity contribution in [1.82, 2.24) is 15.0 Å². The number of hydrogen-bond donors (Lipinski definition) is 1. The molecule has 0 radical (unpaired) electrons. The molecule has 0 saturated heterocycles. The third kappa shape index (κ3) is 3.34. The van der Waals surface area contributed by atoms with Gasteiger partial charge in [0.15, 0.2) is 5.82 Å². The highest BCUT2D eigenvalue weighted by molar-refractivity contribution is 5.92. The zero-order valence-corrected chi connectivity index (χ0v) is 19.5. The molecule has 0 unspecified atom stereocenters. The zero-order chi connectivity index (χ0) is 23.3. The van der Waals surface area contributed by atoms with Gasteiger partial charge in [-0.2, -0.15) is 4.98 Å². The van der Waals surface area contributed by atoms with Crippen molar-refractivity contribution in [2.45, 2.75) is 58.5 Å². The summed E-state index contributed by atoms with van der Waals surface area (Å²) >= 11 is 0. The van der Waals surface area contributed by atoms with Crippen molar-refractivity contribution >= 4 is 10.9 Å². The second-order valence-corrected chi connectivity index (χ2v) is 9.69. The van der Waals surface area contributed by atoms with Crippen LogP contribution in [-0.4, -0.2) is 26.2 Å². The summed E-state index contributed by atoms with van der Waals surface area (Å²) in [7, 11) is 0. The molecule has 2 aromatic heterocycles. The molecule has 3 atom stereocenters. The Morgan fingerprint density at radius 3 is 2.76 bits per heavy atom. The fourth-order valence-electron chi connectivity index (χ4n) is 5.69. The van der Waals surface area contributed by atoms with Crippen LogP contribution >= 0.6 is 0 Å². The van der Waals surface area contributed by atoms with E-state index >= 15 is 0 Å². The first-order chi connectivity index (χ1) is 15.8. The maximum atomic E-state index is 10.7. The predicted molar refractivity (Wildman–Crippen MR) is 128 cm³/mol. The summed E-state index contributed by atoms with van der Waals surface area (Å²) < 4.78 is 6.22. The number of hydrogen-bond acceptors (Lipinski definition) is 5. The lowest BCUT2D eigenvalue weighted by molar-refractivity contribution is 0.132. The van der Waals surface area contributed by atoms with Gasteiger partial charge in [-0.3, -0.25) is 4.98 Å². The number of fused-ring (bicyclic) bond motifs is 4. The molecule has 2 heterocycles. The normalized spacial score (nSPS) is 24.4. The summed E-state index contributed by atoms with van der Waals surface area (Å²) in [4.78, 5) is 18.2. The van der Waals surface area contributed by atoms with Gasteiger partial charge < -0.3 is 9.84 Å². The molecule has 2 aliphatic carbocycles. The van der Waals surface area contributed by atoms with Crippen molar-refractivity contribution in [3.05, 3.63) is 70.7 Å². The summed E-state index contributed by atoms with van der Waals surface area (Å²) in [6, 6.07) is 9.94. The first kappa shape index (κ1) is 21.4. The summed E-state index contributed by atoms with van der Waals surface area (Å²) in [5.41, 5.74) is 3.84. The van der Waals surface area contributed by atoms with Crippen LogP contribution in [-0.2, 0) is 11.8 Å². The van der Waals surface area contributed by atoms with Gasteiger partial charge >= 0.3 is 0 Å². The fourth-order valence-corrected chi connectivity index (χ4v) is 5.69. The van der Waals surface area contributed by atoms with Crippen LogP contribution in [0.15, 0.2) is 48.0 Å². The number of benzene rings is 1. The number of para-hydroxylation sites is 1. The van der Waals surface area contributed by atoms with Crippen LogP contribution in [0.1, 0.15) is 51.8 Å². The molecule has 2 aliphatic rings. The number of allylic oxidation sites excluding steroid dienone is 2. The number of rotatable bonds is 3. The van der Waals surface area contributed by atoms with E-state index in [9.17, 15) is 5.11 Å². The summed E-state index contributed by atoms with van der Waals surface area (Å²) in [6.45, 7) is 15.9. The molecule has 0 bridgehead atoms. The zero-order valence-electron chi connectivity index (χ0n) is 19.5. The molecule has 6 heteroatoms. The van der Waals surface area contributed by atoms with E-state index in [0.717, 1.165) is 40.6 Å². The van der Waals surface area contributed by atoms with Crippen molar-refractivity contribution in [2.24, 2.45) is 11.8 Å². The van der Waals surface area contributed by atoms with E-state index in [1.165, 1.54) is 0 Å². The topological polar surface area (TPSA) is 72.5 Å². The highest BCUT2D eigenvalue weighted by Crippen LogP contribution is 2.54. The summed E-state index contributed by atoms with van der Waals surface area (Å²) in [6.07, 6.45) is 3.92. The monoisotopic (exact) mass is 440 g/mol. The third-order valence-corrected chi connectivity index (χ3v) is 7.27. The van der Waals surface area contributed by atoms with Crippen molar-refractivity contribution in [1.29, 1.82) is 0 Å². The number of pyridine rings is 1. The largest absolute Gasteiger partial charge is 0.523 e. The molecular weight excluding hydrogens is 412 g/mol. The lowest BCUT2D eigenvalue weighted by atomic mass is 9.57. The molecule has 1 aromatic carbocycles. The van der Waals surface area contributed by atoms with Gasteiger partial charge in [0.1, 0.15) is 0 Å². The van der Waals surface area contributed by atoms with E-state index in [1.54, 1.807) is 6.20 Å². The van der Waals surface area contributed by atoms with Crippen LogP contribution < -0.4 is 4.74 Å². The van der Waals surface area contributed by atoms with Crippen LogP contribution in [0.25, 0.3) is 27.1 Å². The van der Waals surface area contributed by atoms with E-state index in [2.05, 4.69) is 16.8 Å². The Morgan fingerprint density at radius 2 is 2.00 bits per heavy atom. The van der Waals surface area contributed by atoms with Crippen molar-refractivity contribution < 1.29 is 9.84 Å². The molecule has 6 nitrogen and oxygen atoms in total. The second-order valence-electron chi connectivity index (χ2n) is 9.69. The Balaban J connectivity index is 1.76. The van der Waals surface area contributed by atoms with E-state index in [4.69, 9.17) is 21.3 Å². The number of ether oxygens (including phenoxy) is 1. The van der Waals surface area contributed by atoms with Gasteiger partial charge in [0, 0.05) is 34.0 Å². The summed E-state index contributed by atoms with van der Waals surface area (Å²) in [5, 5.41) is 11.7.